The second-order valence-electron chi connectivity index (χ2n) is 7.05. The molecule has 1 aromatic carbocycles. The van der Waals surface area contributed by atoms with E-state index in [1.165, 1.54) is 6.08 Å². The number of para-hydroxylation sites is 1. The first kappa shape index (κ1) is 24.2. The number of rotatable bonds is 4. The number of fused-ring (bicyclic) bond motifs is 1. The van der Waals surface area contributed by atoms with Crippen LogP contribution in [0.5, 0.6) is 0 Å². The largest absolute Gasteiger partial charge is 0.490 e. The van der Waals surface area contributed by atoms with Gasteiger partial charge in [-0.05, 0) is 30.3 Å². The Hall–Kier alpha value is -4.41. The minimum absolute atomic E-state index is 0.0505. The average molecular weight is 472 g/mol. The molecule has 0 unspecified atom stereocenters. The molecule has 0 atom stereocenters. The molecule has 1 aliphatic rings. The molecule has 4 rings (SSSR count). The van der Waals surface area contributed by atoms with E-state index in [1.54, 1.807) is 6.20 Å². The molecule has 2 amide bonds. The van der Waals surface area contributed by atoms with Gasteiger partial charge in [-0.25, -0.2) is 4.79 Å². The van der Waals surface area contributed by atoms with E-state index in [1.807, 2.05) is 42.5 Å². The smallest absolute Gasteiger partial charge is 0.475 e. The average Bonchev–Trinajstić information content (AvgIpc) is 3.25. The van der Waals surface area contributed by atoms with Gasteiger partial charge in [0, 0.05) is 41.7 Å². The Morgan fingerprint density at radius 1 is 1.15 bits per heavy atom. The highest BCUT2D eigenvalue weighted by molar-refractivity contribution is 6.01. The molecule has 1 aliphatic heterocycles. The molecule has 0 saturated carbocycles. The summed E-state index contributed by atoms with van der Waals surface area (Å²) in [6.45, 7) is 4.13. The van der Waals surface area contributed by atoms with E-state index >= 15 is 0 Å². The lowest BCUT2D eigenvalue weighted by atomic mass is 10.0. The van der Waals surface area contributed by atoms with Crippen LogP contribution < -0.4 is 10.6 Å². The molecular formula is C23H19F3N4O4. The van der Waals surface area contributed by atoms with Crippen LogP contribution in [0.4, 0.5) is 18.9 Å². The topological polar surface area (TPSA) is 124 Å². The number of aromatic nitrogens is 2. The Bertz CT molecular complexity index is 1250. The fraction of sp³-hybridized carbons (Fsp3) is 0.130. The summed E-state index contributed by atoms with van der Waals surface area (Å²) in [5.74, 6) is -3.08. The van der Waals surface area contributed by atoms with Crippen LogP contribution in [-0.2, 0) is 16.0 Å². The third-order valence-electron chi connectivity index (χ3n) is 4.76. The number of hydrogen-bond acceptors (Lipinski definition) is 4. The Morgan fingerprint density at radius 2 is 1.85 bits per heavy atom. The Balaban J connectivity index is 0.000000406. The zero-order chi connectivity index (χ0) is 24.9. The van der Waals surface area contributed by atoms with Crippen molar-refractivity contribution in [1.82, 2.24) is 15.3 Å². The van der Waals surface area contributed by atoms with Gasteiger partial charge in [0.25, 0.3) is 5.91 Å². The van der Waals surface area contributed by atoms with E-state index in [-0.39, 0.29) is 11.8 Å². The van der Waals surface area contributed by atoms with Gasteiger partial charge >= 0.3 is 12.1 Å². The number of hydrogen-bond donors (Lipinski definition) is 4. The molecule has 0 radical (unpaired) electrons. The molecule has 3 heterocycles. The number of benzene rings is 1. The number of aliphatic carboxylic acids is 1. The molecule has 0 fully saturated rings. The second-order valence-corrected chi connectivity index (χ2v) is 7.05. The SMILES string of the molecule is C=CC(=O)Nc1ccccc1-c1cc(-c2cc3c([nH]2)CCNC3=O)ccn1.O=C(O)C(F)(F)F. The fourth-order valence-electron chi connectivity index (χ4n) is 3.19. The Labute approximate surface area is 191 Å². The summed E-state index contributed by atoms with van der Waals surface area (Å²) in [5, 5.41) is 12.8. The van der Waals surface area contributed by atoms with E-state index in [2.05, 4.69) is 27.2 Å². The molecule has 2 aromatic heterocycles. The summed E-state index contributed by atoms with van der Waals surface area (Å²) >= 11 is 0. The normalized spacial score (nSPS) is 12.5. The minimum atomic E-state index is -5.08. The molecule has 176 valence electrons. The van der Waals surface area contributed by atoms with Crippen LogP contribution in [0, 0.1) is 0 Å². The number of carboxylic acids is 1. The molecule has 8 nitrogen and oxygen atoms in total. The minimum Gasteiger partial charge on any atom is -0.475 e. The number of aromatic amines is 1. The van der Waals surface area contributed by atoms with Gasteiger partial charge in [-0.1, -0.05) is 24.8 Å². The molecule has 0 saturated heterocycles. The molecule has 34 heavy (non-hydrogen) atoms. The van der Waals surface area contributed by atoms with Crippen LogP contribution in [0.15, 0.2) is 61.3 Å². The van der Waals surface area contributed by atoms with Gasteiger partial charge in [0.1, 0.15) is 0 Å². The van der Waals surface area contributed by atoms with E-state index in [9.17, 15) is 22.8 Å². The highest BCUT2D eigenvalue weighted by Crippen LogP contribution is 2.30. The van der Waals surface area contributed by atoms with Gasteiger partial charge in [-0.3, -0.25) is 14.6 Å². The van der Waals surface area contributed by atoms with Crippen molar-refractivity contribution in [2.24, 2.45) is 0 Å². The van der Waals surface area contributed by atoms with Crippen LogP contribution in [0.2, 0.25) is 0 Å². The first-order chi connectivity index (χ1) is 16.1. The second kappa shape index (κ2) is 10.0. The van der Waals surface area contributed by atoms with Gasteiger partial charge in [0.2, 0.25) is 5.91 Å². The van der Waals surface area contributed by atoms with Crippen molar-refractivity contribution >= 4 is 23.5 Å². The van der Waals surface area contributed by atoms with Gasteiger partial charge in [0.05, 0.1) is 16.9 Å². The quantitative estimate of drug-likeness (QED) is 0.430. The molecular weight excluding hydrogens is 453 g/mol. The lowest BCUT2D eigenvalue weighted by Crippen LogP contribution is -2.31. The molecule has 4 N–H and O–H groups in total. The zero-order valence-corrected chi connectivity index (χ0v) is 17.6. The number of alkyl halides is 3. The predicted octanol–water partition coefficient (Wildman–Crippen LogP) is 3.79. The third-order valence-corrected chi connectivity index (χ3v) is 4.76. The number of carbonyl (C=O) groups is 3. The maximum atomic E-state index is 12.0. The summed E-state index contributed by atoms with van der Waals surface area (Å²) < 4.78 is 31.7. The first-order valence-corrected chi connectivity index (χ1v) is 9.89. The van der Waals surface area contributed by atoms with Crippen LogP contribution in [-0.4, -0.2) is 45.6 Å². The number of carbonyl (C=O) groups excluding carboxylic acids is 2. The van der Waals surface area contributed by atoms with Crippen LogP contribution in [0.3, 0.4) is 0 Å². The number of nitrogens with zero attached hydrogens (tertiary/aromatic N) is 1. The van der Waals surface area contributed by atoms with Gasteiger partial charge in [0.15, 0.2) is 0 Å². The first-order valence-electron chi connectivity index (χ1n) is 9.89. The molecule has 0 spiro atoms. The fourth-order valence-corrected chi connectivity index (χ4v) is 3.19. The van der Waals surface area contributed by atoms with Crippen molar-refractivity contribution < 1.29 is 32.7 Å². The lowest BCUT2D eigenvalue weighted by molar-refractivity contribution is -0.192. The number of nitrogens with one attached hydrogen (secondary N) is 3. The highest BCUT2D eigenvalue weighted by atomic mass is 19.4. The third kappa shape index (κ3) is 5.68. The maximum Gasteiger partial charge on any atom is 0.490 e. The molecule has 11 heteroatoms. The van der Waals surface area contributed by atoms with E-state index in [0.29, 0.717) is 17.8 Å². The van der Waals surface area contributed by atoms with Crippen molar-refractivity contribution in [2.45, 2.75) is 12.6 Å². The van der Waals surface area contributed by atoms with Gasteiger partial charge < -0.3 is 20.7 Å². The highest BCUT2D eigenvalue weighted by Gasteiger charge is 2.38. The number of anilines is 1. The predicted molar refractivity (Wildman–Crippen MR) is 118 cm³/mol. The number of carboxylic acid groups (broad SMARTS) is 1. The Kier molecular flexibility index (Phi) is 7.15. The zero-order valence-electron chi connectivity index (χ0n) is 17.6. The lowest BCUT2D eigenvalue weighted by Gasteiger charge is -2.11. The van der Waals surface area contributed by atoms with Crippen molar-refractivity contribution in [3.63, 3.8) is 0 Å². The summed E-state index contributed by atoms with van der Waals surface area (Å²) in [7, 11) is 0. The maximum absolute atomic E-state index is 12.0. The summed E-state index contributed by atoms with van der Waals surface area (Å²) in [6.07, 6.45) is -1.35. The van der Waals surface area contributed by atoms with Crippen molar-refractivity contribution in [3.8, 4) is 22.5 Å². The monoisotopic (exact) mass is 472 g/mol. The van der Waals surface area contributed by atoms with E-state index in [0.717, 1.165) is 34.6 Å². The van der Waals surface area contributed by atoms with Gasteiger partial charge in [-0.2, -0.15) is 13.2 Å². The van der Waals surface area contributed by atoms with Crippen LogP contribution in [0.1, 0.15) is 16.1 Å². The molecule has 0 aliphatic carbocycles. The van der Waals surface area contributed by atoms with Crippen molar-refractivity contribution in [1.29, 1.82) is 0 Å². The molecule has 0 bridgehead atoms. The number of amides is 2. The standard InChI is InChI=1S/C21H18N4O2.C2HF3O2/c1-2-20(26)25-16-6-4-3-5-14(16)19-11-13(7-9-22-19)18-12-15-17(24-18)8-10-23-21(15)27;3-2(4,5)1(6)7/h2-7,9,11-12,24H,1,8,10H2,(H,23,27)(H,25,26);(H,6,7). The van der Waals surface area contributed by atoms with Gasteiger partial charge in [-0.15, -0.1) is 0 Å². The van der Waals surface area contributed by atoms with E-state index < -0.39 is 12.1 Å². The summed E-state index contributed by atoms with van der Waals surface area (Å²) in [5.41, 5.74) is 5.63. The van der Waals surface area contributed by atoms with E-state index in [4.69, 9.17) is 9.90 Å². The summed E-state index contributed by atoms with van der Waals surface area (Å²) in [4.78, 5) is 40.4. The van der Waals surface area contributed by atoms with Crippen LogP contribution in [0.25, 0.3) is 22.5 Å². The number of H-pyrrole nitrogens is 1. The van der Waals surface area contributed by atoms with Crippen molar-refractivity contribution in [2.75, 3.05) is 11.9 Å². The van der Waals surface area contributed by atoms with Crippen LogP contribution >= 0.6 is 0 Å². The summed E-state index contributed by atoms with van der Waals surface area (Å²) in [6, 6.07) is 13.2. The number of halogens is 3. The molecule has 3 aromatic rings. The Morgan fingerprint density at radius 3 is 2.50 bits per heavy atom. The van der Waals surface area contributed by atoms with Crippen molar-refractivity contribution in [3.05, 3.63) is 72.6 Å². The number of pyridine rings is 1.